The zero-order valence-electron chi connectivity index (χ0n) is 10.1. The van der Waals surface area contributed by atoms with Gasteiger partial charge in [0, 0.05) is 11.2 Å². The molecule has 0 atom stereocenters. The summed E-state index contributed by atoms with van der Waals surface area (Å²) in [7, 11) is 1.54. The zero-order chi connectivity index (χ0) is 13.1. The summed E-state index contributed by atoms with van der Waals surface area (Å²) in [6.07, 6.45) is 0.0245. The Labute approximate surface area is 106 Å². The number of hydrogen-bond donors (Lipinski definition) is 2. The molecule has 17 heavy (non-hydrogen) atoms. The van der Waals surface area contributed by atoms with Crippen LogP contribution in [0.4, 0.5) is 5.69 Å². The Morgan fingerprint density at radius 2 is 2.18 bits per heavy atom. The van der Waals surface area contributed by atoms with Crippen LogP contribution in [0, 0.1) is 0 Å². The molecule has 0 aliphatic heterocycles. The number of carboxylic acid groups (broad SMARTS) is 1. The molecule has 0 unspecified atom stereocenters. The number of halogens is 1. The Bertz CT molecular complexity index is 418. The van der Waals surface area contributed by atoms with Crippen molar-refractivity contribution < 1.29 is 14.6 Å². The van der Waals surface area contributed by atoms with Gasteiger partial charge in [0.1, 0.15) is 5.75 Å². The van der Waals surface area contributed by atoms with Crippen LogP contribution in [0.1, 0.15) is 20.3 Å². The van der Waals surface area contributed by atoms with Crippen molar-refractivity contribution in [3.8, 4) is 5.75 Å². The minimum Gasteiger partial charge on any atom is -0.495 e. The molecule has 0 aromatic heterocycles. The van der Waals surface area contributed by atoms with Gasteiger partial charge >= 0.3 is 5.97 Å². The quantitative estimate of drug-likeness (QED) is 0.851. The number of anilines is 1. The number of methoxy groups -OCH3 is 1. The number of aliphatic carboxylic acids is 1. The van der Waals surface area contributed by atoms with Crippen molar-refractivity contribution in [1.29, 1.82) is 0 Å². The van der Waals surface area contributed by atoms with Gasteiger partial charge in [-0.2, -0.15) is 0 Å². The predicted molar refractivity (Wildman–Crippen MR) is 68.0 cm³/mol. The van der Waals surface area contributed by atoms with E-state index >= 15 is 0 Å². The third-order valence-corrected chi connectivity index (χ3v) is 2.52. The summed E-state index contributed by atoms with van der Waals surface area (Å²) in [5.41, 5.74) is 0.228. The summed E-state index contributed by atoms with van der Waals surface area (Å²) in [5, 5.41) is 12.4. The Hall–Kier alpha value is -1.42. The molecule has 2 N–H and O–H groups in total. The lowest BCUT2D eigenvalue weighted by atomic mass is 10.0. The van der Waals surface area contributed by atoms with E-state index in [9.17, 15) is 4.79 Å². The van der Waals surface area contributed by atoms with Gasteiger partial charge in [0.15, 0.2) is 0 Å². The van der Waals surface area contributed by atoms with Crippen LogP contribution in [0.5, 0.6) is 5.75 Å². The van der Waals surface area contributed by atoms with Crippen LogP contribution < -0.4 is 10.1 Å². The first kappa shape index (κ1) is 13.6. The smallest absolute Gasteiger partial charge is 0.305 e. The Balaban J connectivity index is 2.81. The van der Waals surface area contributed by atoms with E-state index in [0.717, 1.165) is 5.69 Å². The van der Waals surface area contributed by atoms with Crippen molar-refractivity contribution in [3.63, 3.8) is 0 Å². The fourth-order valence-electron chi connectivity index (χ4n) is 1.56. The summed E-state index contributed by atoms with van der Waals surface area (Å²) >= 11 is 5.98. The first-order valence-corrected chi connectivity index (χ1v) is 5.55. The van der Waals surface area contributed by atoms with Gasteiger partial charge in [-0.05, 0) is 32.0 Å². The molecule has 0 saturated carbocycles. The minimum absolute atomic E-state index is 0.0245. The second kappa shape index (κ2) is 5.27. The number of carbonyl (C=O) groups is 1. The minimum atomic E-state index is -0.845. The first-order chi connectivity index (χ1) is 7.84. The molecule has 1 aromatic rings. The highest BCUT2D eigenvalue weighted by atomic mass is 35.5. The van der Waals surface area contributed by atoms with Crippen LogP contribution >= 0.6 is 11.6 Å². The molecular weight excluding hydrogens is 242 g/mol. The number of rotatable bonds is 5. The van der Waals surface area contributed by atoms with E-state index in [1.807, 2.05) is 13.8 Å². The molecule has 0 heterocycles. The van der Waals surface area contributed by atoms with E-state index < -0.39 is 11.5 Å². The van der Waals surface area contributed by atoms with Crippen LogP contribution in [-0.2, 0) is 4.79 Å². The summed E-state index contributed by atoms with van der Waals surface area (Å²) in [6.45, 7) is 3.64. The molecule has 5 heteroatoms. The SMILES string of the molecule is COc1ccc(NC(C)(C)CC(=O)O)cc1Cl. The van der Waals surface area contributed by atoms with Gasteiger partial charge in [-0.1, -0.05) is 11.6 Å². The van der Waals surface area contributed by atoms with Gasteiger partial charge in [-0.15, -0.1) is 0 Å². The molecule has 0 aliphatic carbocycles. The molecular formula is C12H16ClNO3. The Morgan fingerprint density at radius 1 is 1.53 bits per heavy atom. The van der Waals surface area contributed by atoms with Gasteiger partial charge in [0.05, 0.1) is 18.6 Å². The van der Waals surface area contributed by atoms with Crippen molar-refractivity contribution in [2.75, 3.05) is 12.4 Å². The van der Waals surface area contributed by atoms with E-state index in [2.05, 4.69) is 5.32 Å². The van der Waals surface area contributed by atoms with E-state index in [1.165, 1.54) is 0 Å². The maximum Gasteiger partial charge on any atom is 0.305 e. The summed E-state index contributed by atoms with van der Waals surface area (Å²) in [4.78, 5) is 10.7. The maximum absolute atomic E-state index is 10.7. The third kappa shape index (κ3) is 4.15. The lowest BCUT2D eigenvalue weighted by molar-refractivity contribution is -0.137. The highest BCUT2D eigenvalue weighted by Crippen LogP contribution is 2.29. The normalized spacial score (nSPS) is 11.1. The van der Waals surface area contributed by atoms with Crippen LogP contribution in [0.25, 0.3) is 0 Å². The van der Waals surface area contributed by atoms with Gasteiger partial charge in [0.25, 0.3) is 0 Å². The maximum atomic E-state index is 10.7. The van der Waals surface area contributed by atoms with Crippen molar-refractivity contribution in [1.82, 2.24) is 0 Å². The van der Waals surface area contributed by atoms with Crippen molar-refractivity contribution >= 4 is 23.3 Å². The van der Waals surface area contributed by atoms with Crippen LogP contribution in [0.15, 0.2) is 18.2 Å². The van der Waals surface area contributed by atoms with Crippen LogP contribution in [0.2, 0.25) is 5.02 Å². The monoisotopic (exact) mass is 257 g/mol. The fraction of sp³-hybridized carbons (Fsp3) is 0.417. The Kier molecular flexibility index (Phi) is 4.23. The van der Waals surface area contributed by atoms with E-state index in [1.54, 1.807) is 25.3 Å². The topological polar surface area (TPSA) is 58.6 Å². The second-order valence-corrected chi connectivity index (χ2v) is 4.84. The van der Waals surface area contributed by atoms with Crippen LogP contribution in [-0.4, -0.2) is 23.7 Å². The molecule has 0 fully saturated rings. The van der Waals surface area contributed by atoms with Crippen molar-refractivity contribution in [2.45, 2.75) is 25.8 Å². The molecule has 1 aromatic carbocycles. The standard InChI is InChI=1S/C12H16ClNO3/c1-12(2,7-11(15)16)14-8-4-5-10(17-3)9(13)6-8/h4-6,14H,7H2,1-3H3,(H,15,16). The summed E-state index contributed by atoms with van der Waals surface area (Å²) < 4.78 is 5.04. The average Bonchev–Trinajstić information content (AvgIpc) is 2.14. The molecule has 0 bridgehead atoms. The lowest BCUT2D eigenvalue weighted by Crippen LogP contribution is -2.33. The van der Waals surface area contributed by atoms with Crippen LogP contribution in [0.3, 0.4) is 0 Å². The Morgan fingerprint density at radius 3 is 2.65 bits per heavy atom. The van der Waals surface area contributed by atoms with Crippen molar-refractivity contribution in [2.24, 2.45) is 0 Å². The summed E-state index contributed by atoms with van der Waals surface area (Å²) in [6, 6.07) is 5.25. The number of carboxylic acids is 1. The number of hydrogen-bond acceptors (Lipinski definition) is 3. The van der Waals surface area contributed by atoms with Gasteiger partial charge in [-0.25, -0.2) is 0 Å². The number of ether oxygens (including phenoxy) is 1. The van der Waals surface area contributed by atoms with E-state index in [4.69, 9.17) is 21.4 Å². The molecule has 0 radical (unpaired) electrons. The highest BCUT2D eigenvalue weighted by molar-refractivity contribution is 6.32. The van der Waals surface area contributed by atoms with Gasteiger partial charge in [0.2, 0.25) is 0 Å². The highest BCUT2D eigenvalue weighted by Gasteiger charge is 2.21. The number of benzene rings is 1. The van der Waals surface area contributed by atoms with E-state index in [0.29, 0.717) is 10.8 Å². The lowest BCUT2D eigenvalue weighted by Gasteiger charge is -2.25. The second-order valence-electron chi connectivity index (χ2n) is 4.43. The number of nitrogens with one attached hydrogen (secondary N) is 1. The summed E-state index contributed by atoms with van der Waals surface area (Å²) in [5.74, 6) is -0.254. The fourth-order valence-corrected chi connectivity index (χ4v) is 1.81. The van der Waals surface area contributed by atoms with Gasteiger partial charge in [-0.3, -0.25) is 4.79 Å². The van der Waals surface area contributed by atoms with Gasteiger partial charge < -0.3 is 15.2 Å². The molecule has 4 nitrogen and oxygen atoms in total. The zero-order valence-corrected chi connectivity index (χ0v) is 10.8. The molecule has 0 saturated heterocycles. The molecule has 0 aliphatic rings. The van der Waals surface area contributed by atoms with Crippen molar-refractivity contribution in [3.05, 3.63) is 23.2 Å². The largest absolute Gasteiger partial charge is 0.495 e. The molecule has 0 spiro atoms. The predicted octanol–water partition coefficient (Wildman–Crippen LogP) is 3.01. The first-order valence-electron chi connectivity index (χ1n) is 5.17. The molecule has 0 amide bonds. The molecule has 94 valence electrons. The molecule has 1 rings (SSSR count). The third-order valence-electron chi connectivity index (χ3n) is 2.23. The average molecular weight is 258 g/mol. The van der Waals surface area contributed by atoms with E-state index in [-0.39, 0.29) is 6.42 Å².